The lowest BCUT2D eigenvalue weighted by Crippen LogP contribution is -2.45. The van der Waals surface area contributed by atoms with Crippen molar-refractivity contribution in [2.75, 3.05) is 0 Å². The molecule has 2 aromatic heterocycles. The predicted octanol–water partition coefficient (Wildman–Crippen LogP) is 24.6. The number of benzene rings is 15. The van der Waals surface area contributed by atoms with E-state index in [1.165, 1.54) is 87.1 Å². The minimum atomic E-state index is -0.754. The maximum atomic E-state index is 7.00. The minimum Gasteiger partial charge on any atom is -0.457 e. The molecule has 0 saturated carbocycles. The molecule has 2 atom stereocenters. The molecule has 0 N–H and O–H groups in total. The zero-order valence-electron chi connectivity index (χ0n) is 58.7. The summed E-state index contributed by atoms with van der Waals surface area (Å²) >= 11 is 1.94. The zero-order valence-corrected chi connectivity index (χ0v) is 59.5. The van der Waals surface area contributed by atoms with Gasteiger partial charge in [0.25, 0.3) is 0 Å². The second-order valence-electron chi connectivity index (χ2n) is 29.7. The summed E-state index contributed by atoms with van der Waals surface area (Å²) in [5.41, 5.74) is 26.3. The van der Waals surface area contributed by atoms with E-state index in [0.717, 1.165) is 107 Å². The summed E-state index contributed by atoms with van der Waals surface area (Å²) in [6.45, 7) is 7.38. The molecule has 17 aromatic rings. The molecule has 0 bridgehead atoms. The smallest absolute Gasteiger partial charge is 0.160 e. The topological polar surface area (TPSA) is 60.8 Å². The van der Waals surface area contributed by atoms with Crippen molar-refractivity contribution in [2.24, 2.45) is 0 Å². The van der Waals surface area contributed by atoms with Crippen LogP contribution in [0.15, 0.2) is 356 Å². The SMILES string of the molecule is CC1(C)c2ccccc2C2(c3ccccc3Sc3c(CC4(C)c5ccccc5C5(c6ccccc6Oc6ccccc65)c5cc(-c6cccc(-c7ccc(-c8cccc9ccccc89)nn7)c6)ccc54)cccc32)c2ccc(-c3cccc(-c4nc(-c5cccc6ccccc56)c5ccccc5n4)c3)cc21. The summed E-state index contributed by atoms with van der Waals surface area (Å²) in [4.78, 5) is 13.3. The maximum absolute atomic E-state index is 7.00. The molecule has 106 heavy (non-hydrogen) atoms. The van der Waals surface area contributed by atoms with Gasteiger partial charge in [-0.15, -0.1) is 10.2 Å². The van der Waals surface area contributed by atoms with Crippen molar-refractivity contribution in [2.45, 2.75) is 58.6 Å². The van der Waals surface area contributed by atoms with Gasteiger partial charge >= 0.3 is 0 Å². The number of hydrogen-bond donors (Lipinski definition) is 0. The molecule has 21 rings (SSSR count). The highest BCUT2D eigenvalue weighted by Crippen LogP contribution is 2.66. The Bertz CT molecular complexity index is 6480. The molecule has 2 aliphatic carbocycles. The molecule has 15 aromatic carbocycles. The second kappa shape index (κ2) is 23.7. The number of hydrogen-bond acceptors (Lipinski definition) is 6. The zero-order chi connectivity index (χ0) is 70.5. The Kier molecular flexibility index (Phi) is 13.9. The van der Waals surface area contributed by atoms with Crippen LogP contribution in [0, 0.1) is 0 Å². The summed E-state index contributed by atoms with van der Waals surface area (Å²) in [6.07, 6.45) is 0.725. The maximum Gasteiger partial charge on any atom is 0.160 e. The van der Waals surface area contributed by atoms with Gasteiger partial charge in [-0.25, -0.2) is 9.97 Å². The summed E-state index contributed by atoms with van der Waals surface area (Å²) in [5, 5.41) is 15.5. The van der Waals surface area contributed by atoms with Crippen LogP contribution >= 0.6 is 11.8 Å². The van der Waals surface area contributed by atoms with Crippen LogP contribution in [0.25, 0.3) is 99.9 Å². The third-order valence-electron chi connectivity index (χ3n) is 23.7. The fraction of sp³-hybridized carbons (Fsp3) is 0.0800. The van der Waals surface area contributed by atoms with Gasteiger partial charge in [-0.1, -0.05) is 318 Å². The van der Waals surface area contributed by atoms with Crippen LogP contribution in [0.4, 0.5) is 0 Å². The van der Waals surface area contributed by atoms with Crippen LogP contribution in [-0.4, -0.2) is 20.2 Å². The molecule has 4 heterocycles. The van der Waals surface area contributed by atoms with E-state index in [1.54, 1.807) is 0 Å². The number of rotatable bonds is 8. The molecule has 0 amide bonds. The first-order valence-electron chi connectivity index (χ1n) is 36.7. The van der Waals surface area contributed by atoms with Gasteiger partial charge < -0.3 is 4.74 Å². The molecule has 6 heteroatoms. The highest BCUT2D eigenvalue weighted by Gasteiger charge is 2.56. The van der Waals surface area contributed by atoms with Gasteiger partial charge in [0.2, 0.25) is 0 Å². The summed E-state index contributed by atoms with van der Waals surface area (Å²) in [5.74, 6) is 2.42. The Morgan fingerprint density at radius 2 is 0.783 bits per heavy atom. The van der Waals surface area contributed by atoms with Gasteiger partial charge in [0, 0.05) is 59.4 Å². The van der Waals surface area contributed by atoms with Gasteiger partial charge in [-0.3, -0.25) is 0 Å². The number of aromatic nitrogens is 4. The third kappa shape index (κ3) is 9.10. The Morgan fingerprint density at radius 3 is 1.50 bits per heavy atom. The summed E-state index contributed by atoms with van der Waals surface area (Å²) < 4.78 is 7.00. The molecule has 500 valence electrons. The fourth-order valence-corrected chi connectivity index (χ4v) is 20.2. The number of ether oxygens (including phenoxy) is 1. The lowest BCUT2D eigenvalue weighted by molar-refractivity contribution is 0.421. The molecule has 4 aliphatic rings. The molecule has 0 saturated heterocycles. The van der Waals surface area contributed by atoms with Crippen molar-refractivity contribution in [3.63, 3.8) is 0 Å². The van der Waals surface area contributed by atoms with E-state index in [-0.39, 0.29) is 5.41 Å². The summed E-state index contributed by atoms with van der Waals surface area (Å²) in [7, 11) is 0. The minimum absolute atomic E-state index is 0.379. The molecule has 5 nitrogen and oxygen atoms in total. The van der Waals surface area contributed by atoms with E-state index in [2.05, 4.69) is 367 Å². The molecule has 0 radical (unpaired) electrons. The van der Waals surface area contributed by atoms with Gasteiger partial charge in [-0.2, -0.15) is 0 Å². The van der Waals surface area contributed by atoms with Crippen LogP contribution in [-0.2, 0) is 28.1 Å². The first-order chi connectivity index (χ1) is 52.1. The molecule has 2 spiro atoms. The first-order valence-corrected chi connectivity index (χ1v) is 37.5. The number of nitrogens with zero attached hydrogens (tertiary/aromatic N) is 4. The molecule has 0 fully saturated rings. The van der Waals surface area contributed by atoms with Crippen LogP contribution < -0.4 is 4.74 Å². The van der Waals surface area contributed by atoms with E-state index in [0.29, 0.717) is 5.82 Å². The summed E-state index contributed by atoms with van der Waals surface area (Å²) in [6, 6.07) is 128. The quantitative estimate of drug-likeness (QED) is 0.151. The number of fused-ring (bicyclic) bond motifs is 19. The first kappa shape index (κ1) is 62.0. The lowest BCUT2D eigenvalue weighted by Gasteiger charge is -2.52. The van der Waals surface area contributed by atoms with Gasteiger partial charge in [0.1, 0.15) is 11.5 Å². The molecular formula is C100H68N4OS. The second-order valence-corrected chi connectivity index (χ2v) is 30.7. The van der Waals surface area contributed by atoms with Crippen LogP contribution in [0.3, 0.4) is 0 Å². The fourth-order valence-electron chi connectivity index (χ4n) is 18.9. The van der Waals surface area contributed by atoms with Gasteiger partial charge in [-0.05, 0) is 172 Å². The van der Waals surface area contributed by atoms with E-state index >= 15 is 0 Å². The van der Waals surface area contributed by atoms with Crippen molar-refractivity contribution < 1.29 is 4.74 Å². The van der Waals surface area contributed by atoms with E-state index < -0.39 is 16.2 Å². The molecule has 2 unspecified atom stereocenters. The third-order valence-corrected chi connectivity index (χ3v) is 25.0. The Morgan fingerprint density at radius 1 is 0.311 bits per heavy atom. The molecular weight excluding hydrogens is 1310 g/mol. The average Bonchev–Trinajstić information content (AvgIpc) is 0.677. The normalized spacial score (nSPS) is 16.6. The lowest BCUT2D eigenvalue weighted by atomic mass is 9.52. The van der Waals surface area contributed by atoms with Crippen molar-refractivity contribution in [3.05, 3.63) is 418 Å². The Balaban J connectivity index is 0.719. The van der Waals surface area contributed by atoms with Gasteiger partial charge in [0.15, 0.2) is 5.82 Å². The van der Waals surface area contributed by atoms with Crippen molar-refractivity contribution in [1.82, 2.24) is 20.2 Å². The highest BCUT2D eigenvalue weighted by atomic mass is 32.2. The van der Waals surface area contributed by atoms with Crippen LogP contribution in [0.1, 0.15) is 93.1 Å². The largest absolute Gasteiger partial charge is 0.457 e. The van der Waals surface area contributed by atoms with Crippen molar-refractivity contribution in [3.8, 4) is 78.9 Å². The number of para-hydroxylation sites is 3. The van der Waals surface area contributed by atoms with Crippen LogP contribution in [0.5, 0.6) is 11.5 Å². The van der Waals surface area contributed by atoms with Crippen molar-refractivity contribution >= 4 is 44.2 Å². The van der Waals surface area contributed by atoms with Gasteiger partial charge in [0.05, 0.1) is 33.4 Å². The molecule has 2 aliphatic heterocycles. The highest BCUT2D eigenvalue weighted by molar-refractivity contribution is 7.99. The Labute approximate surface area is 620 Å². The Hall–Kier alpha value is -12.6. The van der Waals surface area contributed by atoms with E-state index in [1.807, 2.05) is 11.8 Å². The average molecular weight is 1370 g/mol. The monoisotopic (exact) mass is 1370 g/mol. The van der Waals surface area contributed by atoms with Crippen molar-refractivity contribution in [1.29, 1.82) is 0 Å². The predicted molar refractivity (Wildman–Crippen MR) is 432 cm³/mol. The van der Waals surface area contributed by atoms with E-state index in [9.17, 15) is 0 Å². The van der Waals surface area contributed by atoms with Crippen LogP contribution in [0.2, 0.25) is 0 Å². The standard InChI is InChI=1S/C100H68N4OS/c1-97(2)76-39-9-11-41-79(76)99(81-54-52-66(59-86(81)97)65-30-21-32-69(58-65)96-101-89-47-16-8-36-75(89)94(102-96)74-38-23-28-63-26-5-7-35-72(63)74)84-45-15-19-50-93(84)106-95-70(33-24-46-85(95)99)61-98(3)77-40-10-12-42-80(77)100(82-43-13-17-48-91(82)105-92-49-18-14-44-83(92)100)87-60-67(51-53-78(87)98)64-29-20-31-68(57-64)88-55-56-90(104-103-88)73-37-22-27-62-25-4-6-34-71(62)73/h4-60H,61H2,1-3H3. The van der Waals surface area contributed by atoms with E-state index in [4.69, 9.17) is 24.9 Å².